The number of ether oxygens (including phenoxy) is 3. The van der Waals surface area contributed by atoms with E-state index in [1.807, 2.05) is 43.3 Å². The zero-order valence-corrected chi connectivity index (χ0v) is 21.1. The van der Waals surface area contributed by atoms with Crippen molar-refractivity contribution in [3.63, 3.8) is 0 Å². The van der Waals surface area contributed by atoms with Gasteiger partial charge in [-0.1, -0.05) is 36.1 Å². The maximum absolute atomic E-state index is 13.6. The van der Waals surface area contributed by atoms with Crippen LogP contribution in [-0.4, -0.2) is 50.3 Å². The second kappa shape index (κ2) is 12.9. The van der Waals surface area contributed by atoms with Crippen LogP contribution in [0.2, 0.25) is 0 Å². The molecule has 0 radical (unpaired) electrons. The molecule has 0 N–H and O–H groups in total. The molecular weight excluding hydrogens is 469 g/mol. The minimum absolute atomic E-state index is 0.284. The summed E-state index contributed by atoms with van der Waals surface area (Å²) in [5.74, 6) is 7.00. The molecule has 1 saturated heterocycles. The van der Waals surface area contributed by atoms with E-state index in [0.29, 0.717) is 18.1 Å². The fourth-order valence-electron chi connectivity index (χ4n) is 3.98. The molecule has 1 aliphatic heterocycles. The molecule has 0 atom stereocenters. The van der Waals surface area contributed by atoms with Gasteiger partial charge in [0, 0.05) is 25.6 Å². The van der Waals surface area contributed by atoms with Crippen LogP contribution in [0.15, 0.2) is 72.8 Å². The Bertz CT molecular complexity index is 1300. The van der Waals surface area contributed by atoms with Gasteiger partial charge in [0.05, 0.1) is 19.8 Å². The Morgan fingerprint density at radius 1 is 1.03 bits per heavy atom. The van der Waals surface area contributed by atoms with Crippen LogP contribution >= 0.6 is 0 Å². The first-order valence-electron chi connectivity index (χ1n) is 12.3. The highest BCUT2D eigenvalue weighted by molar-refractivity contribution is 5.80. The molecule has 37 heavy (non-hydrogen) atoms. The molecular formula is C31H30FNO4. The molecule has 1 heterocycles. The lowest BCUT2D eigenvalue weighted by Crippen LogP contribution is -2.36. The smallest absolute Gasteiger partial charge is 0.308 e. The number of hydrogen-bond acceptors (Lipinski definition) is 5. The number of halogens is 1. The van der Waals surface area contributed by atoms with Gasteiger partial charge in [-0.2, -0.15) is 0 Å². The number of morpholine rings is 1. The number of nitrogens with zero attached hydrogens (tertiary/aromatic N) is 1. The second-order valence-electron chi connectivity index (χ2n) is 8.72. The third-order valence-corrected chi connectivity index (χ3v) is 5.93. The van der Waals surface area contributed by atoms with Crippen molar-refractivity contribution >= 4 is 11.5 Å². The van der Waals surface area contributed by atoms with Crippen molar-refractivity contribution in [2.24, 2.45) is 0 Å². The molecule has 3 aromatic carbocycles. The number of rotatable bonds is 7. The highest BCUT2D eigenvalue weighted by Crippen LogP contribution is 2.26. The Morgan fingerprint density at radius 3 is 2.35 bits per heavy atom. The van der Waals surface area contributed by atoms with Gasteiger partial charge in [-0.15, -0.1) is 0 Å². The van der Waals surface area contributed by atoms with Gasteiger partial charge in [0.1, 0.15) is 23.9 Å². The predicted molar refractivity (Wildman–Crippen MR) is 142 cm³/mol. The first-order valence-corrected chi connectivity index (χ1v) is 12.3. The van der Waals surface area contributed by atoms with E-state index < -0.39 is 0 Å². The van der Waals surface area contributed by atoms with Crippen LogP contribution in [0.1, 0.15) is 29.2 Å². The fraction of sp³-hybridized carbons (Fsp3) is 0.258. The number of carbonyl (C=O) groups excluding carboxylic acids is 1. The topological polar surface area (TPSA) is 48.0 Å². The van der Waals surface area contributed by atoms with Crippen LogP contribution in [0.3, 0.4) is 0 Å². The summed E-state index contributed by atoms with van der Waals surface area (Å²) >= 11 is 0. The SMILES string of the molecule is CC(=O)Oc1ccc(OC/C=C(\c2ccc(F)cc2)c2ccc(C#CCN3CCOCC3)cc2)cc1C. The minimum Gasteiger partial charge on any atom is -0.489 e. The standard InChI is InChI=1S/C31H30FNO4/c1-23-22-29(13-14-31(23)37-24(2)34)36-19-15-30(27-9-11-28(32)12-10-27)26-7-5-25(6-8-26)4-3-16-33-17-20-35-21-18-33/h5-15,22H,16-21H2,1-2H3/b30-15-. The Morgan fingerprint density at radius 2 is 1.70 bits per heavy atom. The van der Waals surface area contributed by atoms with Crippen LogP contribution in [0.5, 0.6) is 11.5 Å². The summed E-state index contributed by atoms with van der Waals surface area (Å²) < 4.78 is 30.1. The molecule has 5 nitrogen and oxygen atoms in total. The van der Waals surface area contributed by atoms with Crippen molar-refractivity contribution in [1.82, 2.24) is 4.90 Å². The summed E-state index contributed by atoms with van der Waals surface area (Å²) in [4.78, 5) is 13.5. The zero-order valence-electron chi connectivity index (χ0n) is 21.1. The van der Waals surface area contributed by atoms with Gasteiger partial charge >= 0.3 is 5.97 Å². The molecule has 0 amide bonds. The number of benzene rings is 3. The predicted octanol–water partition coefficient (Wildman–Crippen LogP) is 5.25. The van der Waals surface area contributed by atoms with E-state index in [1.54, 1.807) is 24.3 Å². The van der Waals surface area contributed by atoms with Crippen LogP contribution in [-0.2, 0) is 9.53 Å². The number of carbonyl (C=O) groups is 1. The molecule has 1 aliphatic rings. The summed E-state index contributed by atoms with van der Waals surface area (Å²) in [7, 11) is 0. The largest absolute Gasteiger partial charge is 0.489 e. The summed E-state index contributed by atoms with van der Waals surface area (Å²) in [6, 6.07) is 19.8. The monoisotopic (exact) mass is 499 g/mol. The van der Waals surface area contributed by atoms with Gasteiger partial charge in [0.2, 0.25) is 0 Å². The molecule has 6 heteroatoms. The quantitative estimate of drug-likeness (QED) is 0.252. The maximum Gasteiger partial charge on any atom is 0.308 e. The van der Waals surface area contributed by atoms with Gasteiger partial charge in [-0.05, 0) is 77.7 Å². The number of esters is 1. The molecule has 3 aromatic rings. The van der Waals surface area contributed by atoms with Crippen molar-refractivity contribution in [3.8, 4) is 23.3 Å². The van der Waals surface area contributed by atoms with E-state index in [4.69, 9.17) is 14.2 Å². The molecule has 0 aliphatic carbocycles. The summed E-state index contributed by atoms with van der Waals surface area (Å²) in [6.07, 6.45) is 1.97. The molecule has 0 saturated carbocycles. The lowest BCUT2D eigenvalue weighted by Gasteiger charge is -2.24. The first kappa shape index (κ1) is 26.2. The summed E-state index contributed by atoms with van der Waals surface area (Å²) in [6.45, 7) is 7.61. The average Bonchev–Trinajstić information content (AvgIpc) is 2.90. The lowest BCUT2D eigenvalue weighted by atomic mass is 9.96. The number of aryl methyl sites for hydroxylation is 1. The third-order valence-electron chi connectivity index (χ3n) is 5.93. The Kier molecular flexibility index (Phi) is 9.09. The highest BCUT2D eigenvalue weighted by atomic mass is 19.1. The average molecular weight is 500 g/mol. The Hall–Kier alpha value is -3.92. The fourth-order valence-corrected chi connectivity index (χ4v) is 3.98. The first-order chi connectivity index (χ1) is 18.0. The van der Waals surface area contributed by atoms with Gasteiger partial charge in [0.15, 0.2) is 0 Å². The zero-order chi connectivity index (χ0) is 26.0. The van der Waals surface area contributed by atoms with E-state index in [-0.39, 0.29) is 11.8 Å². The van der Waals surface area contributed by atoms with Gasteiger partial charge in [-0.25, -0.2) is 4.39 Å². The maximum atomic E-state index is 13.6. The summed E-state index contributed by atoms with van der Waals surface area (Å²) in [5, 5.41) is 0. The van der Waals surface area contributed by atoms with E-state index in [1.165, 1.54) is 19.1 Å². The molecule has 0 spiro atoms. The normalized spacial score (nSPS) is 14.0. The van der Waals surface area contributed by atoms with E-state index in [9.17, 15) is 9.18 Å². The van der Waals surface area contributed by atoms with Gasteiger partial charge in [0.25, 0.3) is 0 Å². The molecule has 0 bridgehead atoms. The van der Waals surface area contributed by atoms with Gasteiger partial charge in [-0.3, -0.25) is 9.69 Å². The van der Waals surface area contributed by atoms with Crippen LogP contribution in [0, 0.1) is 24.6 Å². The highest BCUT2D eigenvalue weighted by Gasteiger charge is 2.09. The van der Waals surface area contributed by atoms with E-state index in [0.717, 1.165) is 60.7 Å². The van der Waals surface area contributed by atoms with Crippen molar-refractivity contribution in [2.75, 3.05) is 39.5 Å². The van der Waals surface area contributed by atoms with Crippen LogP contribution < -0.4 is 9.47 Å². The van der Waals surface area contributed by atoms with Crippen molar-refractivity contribution in [3.05, 3.63) is 101 Å². The van der Waals surface area contributed by atoms with Gasteiger partial charge < -0.3 is 14.2 Å². The molecule has 0 aromatic heterocycles. The van der Waals surface area contributed by atoms with E-state index in [2.05, 4.69) is 16.7 Å². The van der Waals surface area contributed by atoms with Crippen molar-refractivity contribution in [1.29, 1.82) is 0 Å². The molecule has 190 valence electrons. The lowest BCUT2D eigenvalue weighted by molar-refractivity contribution is -0.131. The molecule has 4 rings (SSSR count). The Balaban J connectivity index is 1.48. The minimum atomic E-state index is -0.363. The van der Waals surface area contributed by atoms with Crippen molar-refractivity contribution < 1.29 is 23.4 Å². The van der Waals surface area contributed by atoms with Crippen molar-refractivity contribution in [2.45, 2.75) is 13.8 Å². The molecule has 0 unspecified atom stereocenters. The Labute approximate surface area is 217 Å². The third kappa shape index (κ3) is 7.78. The second-order valence-corrected chi connectivity index (χ2v) is 8.72. The summed E-state index contributed by atoms with van der Waals surface area (Å²) in [5.41, 5.74) is 4.55. The van der Waals surface area contributed by atoms with E-state index >= 15 is 0 Å². The van der Waals surface area contributed by atoms with Crippen LogP contribution in [0.25, 0.3) is 5.57 Å². The van der Waals surface area contributed by atoms with Crippen LogP contribution in [0.4, 0.5) is 4.39 Å². The number of hydrogen-bond donors (Lipinski definition) is 0. The molecule has 1 fully saturated rings.